The molecule has 0 fully saturated rings. The number of anilines is 1. The molecule has 0 unspecified atom stereocenters. The molecule has 0 bridgehead atoms. The van der Waals surface area contributed by atoms with E-state index in [2.05, 4.69) is 20.7 Å². The van der Waals surface area contributed by atoms with Crippen LogP contribution in [0.1, 0.15) is 11.1 Å². The van der Waals surface area contributed by atoms with E-state index >= 15 is 0 Å². The standard InChI is InChI=1S/C14H13BrN2O4S/c1-9-3-5-12(6-4-9)22(20,21)16-14-10(2)7-11(15)8-13(14)17(18)19/h3-8,16H,1-2H3. The van der Waals surface area contributed by atoms with Crippen LogP contribution in [0.3, 0.4) is 0 Å². The Balaban J connectivity index is 2.50. The molecule has 0 saturated heterocycles. The quantitative estimate of drug-likeness (QED) is 0.641. The third kappa shape index (κ3) is 3.45. The second-order valence-corrected chi connectivity index (χ2v) is 7.39. The van der Waals surface area contributed by atoms with E-state index in [9.17, 15) is 18.5 Å². The first-order chi connectivity index (χ1) is 10.2. The van der Waals surface area contributed by atoms with Crippen molar-refractivity contribution in [1.82, 2.24) is 0 Å². The van der Waals surface area contributed by atoms with Crippen molar-refractivity contribution in [1.29, 1.82) is 0 Å². The first kappa shape index (κ1) is 16.4. The van der Waals surface area contributed by atoms with Gasteiger partial charge in [-0.1, -0.05) is 33.6 Å². The summed E-state index contributed by atoms with van der Waals surface area (Å²) in [5.41, 5.74) is 1.04. The molecule has 0 atom stereocenters. The number of nitro benzene ring substituents is 1. The zero-order valence-corrected chi connectivity index (χ0v) is 14.2. The van der Waals surface area contributed by atoms with Crippen molar-refractivity contribution < 1.29 is 13.3 Å². The van der Waals surface area contributed by atoms with Gasteiger partial charge in [-0.3, -0.25) is 14.8 Å². The highest BCUT2D eigenvalue weighted by Gasteiger charge is 2.23. The molecule has 2 aromatic carbocycles. The summed E-state index contributed by atoms with van der Waals surface area (Å²) >= 11 is 3.17. The van der Waals surface area contributed by atoms with Crippen LogP contribution in [-0.4, -0.2) is 13.3 Å². The number of aryl methyl sites for hydroxylation is 2. The molecule has 2 aromatic rings. The van der Waals surface area contributed by atoms with Gasteiger partial charge < -0.3 is 0 Å². The lowest BCUT2D eigenvalue weighted by Gasteiger charge is -2.11. The number of nitrogens with zero attached hydrogens (tertiary/aromatic N) is 1. The van der Waals surface area contributed by atoms with Crippen molar-refractivity contribution in [2.45, 2.75) is 18.7 Å². The zero-order chi connectivity index (χ0) is 16.5. The van der Waals surface area contributed by atoms with Gasteiger partial charge in [0.1, 0.15) is 5.69 Å². The number of benzene rings is 2. The van der Waals surface area contributed by atoms with Crippen molar-refractivity contribution in [2.75, 3.05) is 4.72 Å². The van der Waals surface area contributed by atoms with E-state index in [4.69, 9.17) is 0 Å². The van der Waals surface area contributed by atoms with Crippen molar-refractivity contribution >= 4 is 37.3 Å². The molecule has 0 spiro atoms. The Morgan fingerprint density at radius 1 is 1.14 bits per heavy atom. The smallest absolute Gasteiger partial charge is 0.273 e. The normalized spacial score (nSPS) is 11.2. The van der Waals surface area contributed by atoms with E-state index in [-0.39, 0.29) is 16.3 Å². The van der Waals surface area contributed by atoms with Crippen molar-refractivity contribution in [2.24, 2.45) is 0 Å². The lowest BCUT2D eigenvalue weighted by Crippen LogP contribution is -2.15. The molecule has 6 nitrogen and oxygen atoms in total. The number of nitro groups is 1. The summed E-state index contributed by atoms with van der Waals surface area (Å²) < 4.78 is 27.6. The van der Waals surface area contributed by atoms with Crippen LogP contribution in [0.25, 0.3) is 0 Å². The molecule has 0 aromatic heterocycles. The van der Waals surface area contributed by atoms with Crippen molar-refractivity contribution in [3.8, 4) is 0 Å². The minimum atomic E-state index is -3.89. The predicted octanol–water partition coefficient (Wildman–Crippen LogP) is 3.77. The largest absolute Gasteiger partial charge is 0.294 e. The number of halogens is 1. The Bertz CT molecular complexity index is 833. The molecule has 1 N–H and O–H groups in total. The SMILES string of the molecule is Cc1ccc(S(=O)(=O)Nc2c(C)cc(Br)cc2[N+](=O)[O-])cc1. The van der Waals surface area contributed by atoms with E-state index in [1.165, 1.54) is 18.2 Å². The number of hydrogen-bond acceptors (Lipinski definition) is 4. The highest BCUT2D eigenvalue weighted by molar-refractivity contribution is 9.10. The molecule has 0 aliphatic heterocycles. The van der Waals surface area contributed by atoms with E-state index < -0.39 is 14.9 Å². The number of rotatable bonds is 4. The maximum absolute atomic E-state index is 12.4. The van der Waals surface area contributed by atoms with Crippen LogP contribution in [0.15, 0.2) is 45.8 Å². The first-order valence-electron chi connectivity index (χ1n) is 6.25. The molecular formula is C14H13BrN2O4S. The molecule has 0 heterocycles. The van der Waals surface area contributed by atoms with Gasteiger partial charge in [0.2, 0.25) is 0 Å². The Morgan fingerprint density at radius 3 is 2.27 bits per heavy atom. The average Bonchev–Trinajstić information content (AvgIpc) is 2.41. The maximum atomic E-state index is 12.4. The highest BCUT2D eigenvalue weighted by Crippen LogP contribution is 2.33. The molecule has 22 heavy (non-hydrogen) atoms. The Morgan fingerprint density at radius 2 is 1.73 bits per heavy atom. The van der Waals surface area contributed by atoms with E-state index in [1.54, 1.807) is 25.1 Å². The van der Waals surface area contributed by atoms with Gasteiger partial charge in [-0.05, 0) is 37.6 Å². The molecule has 0 amide bonds. The first-order valence-corrected chi connectivity index (χ1v) is 8.52. The monoisotopic (exact) mass is 384 g/mol. The third-order valence-corrected chi connectivity index (χ3v) is 4.87. The van der Waals surface area contributed by atoms with Crippen LogP contribution in [0.2, 0.25) is 0 Å². The van der Waals surface area contributed by atoms with Crippen molar-refractivity contribution in [3.05, 3.63) is 62.1 Å². The maximum Gasteiger partial charge on any atom is 0.294 e. The van der Waals surface area contributed by atoms with Crippen LogP contribution < -0.4 is 4.72 Å². The molecule has 0 aliphatic rings. The Hall–Kier alpha value is -1.93. The summed E-state index contributed by atoms with van der Waals surface area (Å²) in [6.07, 6.45) is 0. The summed E-state index contributed by atoms with van der Waals surface area (Å²) in [7, 11) is -3.89. The van der Waals surface area contributed by atoms with E-state index in [0.717, 1.165) is 5.56 Å². The minimum Gasteiger partial charge on any atom is -0.273 e. The molecule has 8 heteroatoms. The minimum absolute atomic E-state index is 0.0335. The fraction of sp³-hybridized carbons (Fsp3) is 0.143. The highest BCUT2D eigenvalue weighted by atomic mass is 79.9. The van der Waals surface area contributed by atoms with Crippen LogP contribution >= 0.6 is 15.9 Å². The lowest BCUT2D eigenvalue weighted by molar-refractivity contribution is -0.384. The number of sulfonamides is 1. The molecule has 0 aliphatic carbocycles. The molecule has 116 valence electrons. The summed E-state index contributed by atoms with van der Waals surface area (Å²) in [6, 6.07) is 9.12. The van der Waals surface area contributed by atoms with Gasteiger partial charge in [0.05, 0.1) is 9.82 Å². The van der Waals surface area contributed by atoms with Gasteiger partial charge in [0, 0.05) is 10.5 Å². The lowest BCUT2D eigenvalue weighted by atomic mass is 10.2. The van der Waals surface area contributed by atoms with Crippen LogP contribution in [0, 0.1) is 24.0 Å². The average molecular weight is 385 g/mol. The predicted molar refractivity (Wildman–Crippen MR) is 87.5 cm³/mol. The third-order valence-electron chi connectivity index (χ3n) is 3.04. The van der Waals surface area contributed by atoms with Gasteiger partial charge in [0.25, 0.3) is 15.7 Å². The summed E-state index contributed by atoms with van der Waals surface area (Å²) in [5.74, 6) is 0. The zero-order valence-electron chi connectivity index (χ0n) is 11.8. The Kier molecular flexibility index (Phi) is 4.52. The summed E-state index contributed by atoms with van der Waals surface area (Å²) in [5, 5.41) is 11.1. The topological polar surface area (TPSA) is 89.3 Å². The second-order valence-electron chi connectivity index (χ2n) is 4.79. The summed E-state index contributed by atoms with van der Waals surface area (Å²) in [4.78, 5) is 10.6. The van der Waals surface area contributed by atoms with Gasteiger partial charge in [-0.15, -0.1) is 0 Å². The van der Waals surface area contributed by atoms with E-state index in [0.29, 0.717) is 10.0 Å². The molecule has 0 radical (unpaired) electrons. The molecular weight excluding hydrogens is 372 g/mol. The van der Waals surface area contributed by atoms with Crippen LogP contribution in [0.5, 0.6) is 0 Å². The van der Waals surface area contributed by atoms with Crippen LogP contribution in [0.4, 0.5) is 11.4 Å². The molecule has 0 saturated carbocycles. The summed E-state index contributed by atoms with van der Waals surface area (Å²) in [6.45, 7) is 3.44. The second kappa shape index (κ2) is 6.05. The van der Waals surface area contributed by atoms with Crippen LogP contribution in [-0.2, 0) is 10.0 Å². The van der Waals surface area contributed by atoms with Gasteiger partial charge in [-0.25, -0.2) is 8.42 Å². The Labute approximate surface area is 136 Å². The van der Waals surface area contributed by atoms with Gasteiger partial charge >= 0.3 is 0 Å². The fourth-order valence-corrected chi connectivity index (χ4v) is 3.62. The van der Waals surface area contributed by atoms with E-state index in [1.807, 2.05) is 6.92 Å². The fourth-order valence-electron chi connectivity index (χ4n) is 1.91. The van der Waals surface area contributed by atoms with Gasteiger partial charge in [-0.2, -0.15) is 0 Å². The molecule has 2 rings (SSSR count). The van der Waals surface area contributed by atoms with Gasteiger partial charge in [0.15, 0.2) is 0 Å². The van der Waals surface area contributed by atoms with Crippen molar-refractivity contribution in [3.63, 3.8) is 0 Å². The number of hydrogen-bond donors (Lipinski definition) is 1. The number of nitrogens with one attached hydrogen (secondary N) is 1.